The number of carbonyl (C=O) groups excluding carboxylic acids is 2. The highest BCUT2D eigenvalue weighted by Gasteiger charge is 2.53. The van der Waals surface area contributed by atoms with Crippen molar-refractivity contribution in [3.8, 4) is 0 Å². The summed E-state index contributed by atoms with van der Waals surface area (Å²) in [6.07, 6.45) is 2.91. The molecular formula is C19H25BO5. The Kier molecular flexibility index (Phi) is 4.54. The molecule has 1 aromatic rings. The third kappa shape index (κ3) is 3.02. The van der Waals surface area contributed by atoms with Crippen molar-refractivity contribution in [1.82, 2.24) is 0 Å². The molecule has 1 aliphatic carbocycles. The zero-order valence-corrected chi connectivity index (χ0v) is 15.5. The molecule has 0 aromatic heterocycles. The van der Waals surface area contributed by atoms with E-state index >= 15 is 0 Å². The summed E-state index contributed by atoms with van der Waals surface area (Å²) in [4.78, 5) is 23.7. The Hall–Kier alpha value is -1.66. The van der Waals surface area contributed by atoms with Crippen molar-refractivity contribution in [2.45, 2.75) is 58.2 Å². The average Bonchev–Trinajstić information content (AvgIpc) is 2.79. The number of fused-ring (bicyclic) bond motifs is 1. The molecule has 5 nitrogen and oxygen atoms in total. The SMILES string of the molecule is COC(=O)C1CCc2ccc(C=O)c(B3OC(C)(C)C(C)(C)O3)c2C1. The predicted octanol–water partition coefficient (Wildman–Crippen LogP) is 2.08. The first-order chi connectivity index (χ1) is 11.7. The molecule has 1 fully saturated rings. The standard InChI is InChI=1S/C19H25BO5/c1-18(2)19(3,4)25-20(24-18)16-14(11-21)9-7-12-6-8-13(10-15(12)16)17(22)23-5/h7,9,11,13H,6,8,10H2,1-5H3. The van der Waals surface area contributed by atoms with Gasteiger partial charge in [0.2, 0.25) is 0 Å². The topological polar surface area (TPSA) is 61.8 Å². The quantitative estimate of drug-likeness (QED) is 0.477. The molecule has 0 N–H and O–H groups in total. The van der Waals surface area contributed by atoms with Gasteiger partial charge in [-0.1, -0.05) is 12.1 Å². The lowest BCUT2D eigenvalue weighted by Gasteiger charge is -2.32. The van der Waals surface area contributed by atoms with E-state index in [1.165, 1.54) is 7.11 Å². The molecule has 1 heterocycles. The molecule has 0 spiro atoms. The van der Waals surface area contributed by atoms with Gasteiger partial charge in [0.05, 0.1) is 24.2 Å². The van der Waals surface area contributed by atoms with Crippen LogP contribution in [0, 0.1) is 5.92 Å². The predicted molar refractivity (Wildman–Crippen MR) is 95.1 cm³/mol. The smallest absolute Gasteiger partial charge is 0.469 e. The fraction of sp³-hybridized carbons (Fsp3) is 0.579. The third-order valence-corrected chi connectivity index (χ3v) is 5.85. The van der Waals surface area contributed by atoms with E-state index in [0.29, 0.717) is 12.0 Å². The van der Waals surface area contributed by atoms with Crippen LogP contribution in [0.2, 0.25) is 0 Å². The Labute approximate surface area is 149 Å². The largest absolute Gasteiger partial charge is 0.495 e. The van der Waals surface area contributed by atoms with Gasteiger partial charge < -0.3 is 14.0 Å². The lowest BCUT2D eigenvalue weighted by atomic mass is 9.68. The van der Waals surface area contributed by atoms with Crippen LogP contribution in [0.3, 0.4) is 0 Å². The number of ether oxygens (including phenoxy) is 1. The fourth-order valence-corrected chi connectivity index (χ4v) is 3.59. The van der Waals surface area contributed by atoms with Crippen molar-refractivity contribution in [3.63, 3.8) is 0 Å². The number of rotatable bonds is 3. The maximum absolute atomic E-state index is 12.0. The van der Waals surface area contributed by atoms with Crippen molar-refractivity contribution in [2.24, 2.45) is 5.92 Å². The van der Waals surface area contributed by atoms with Gasteiger partial charge in [0, 0.05) is 5.56 Å². The molecule has 1 saturated heterocycles. The summed E-state index contributed by atoms with van der Waals surface area (Å²) in [6.45, 7) is 7.95. The van der Waals surface area contributed by atoms with E-state index in [2.05, 4.69) is 0 Å². The van der Waals surface area contributed by atoms with E-state index in [1.807, 2.05) is 39.8 Å². The van der Waals surface area contributed by atoms with Crippen molar-refractivity contribution in [3.05, 3.63) is 28.8 Å². The number of aldehydes is 1. The second kappa shape index (κ2) is 6.25. The van der Waals surface area contributed by atoms with Gasteiger partial charge in [0.15, 0.2) is 0 Å². The van der Waals surface area contributed by atoms with E-state index in [0.717, 1.165) is 35.7 Å². The molecule has 1 atom stereocenters. The minimum Gasteiger partial charge on any atom is -0.469 e. The van der Waals surface area contributed by atoms with Gasteiger partial charge in [0.1, 0.15) is 6.29 Å². The van der Waals surface area contributed by atoms with Crippen LogP contribution in [0.15, 0.2) is 12.1 Å². The van der Waals surface area contributed by atoms with E-state index < -0.39 is 18.3 Å². The highest BCUT2D eigenvalue weighted by molar-refractivity contribution is 6.64. The maximum atomic E-state index is 12.0. The Bertz CT molecular complexity index is 694. The summed E-state index contributed by atoms with van der Waals surface area (Å²) in [5.41, 5.74) is 2.48. The van der Waals surface area contributed by atoms with Gasteiger partial charge in [-0.2, -0.15) is 0 Å². The molecule has 0 bridgehead atoms. The third-order valence-electron chi connectivity index (χ3n) is 5.85. The summed E-state index contributed by atoms with van der Waals surface area (Å²) in [5.74, 6) is -0.400. The number of aryl methyl sites for hydroxylation is 1. The summed E-state index contributed by atoms with van der Waals surface area (Å²) < 4.78 is 17.3. The van der Waals surface area contributed by atoms with Crippen LogP contribution in [0.25, 0.3) is 0 Å². The number of hydrogen-bond acceptors (Lipinski definition) is 5. The lowest BCUT2D eigenvalue weighted by Crippen LogP contribution is -2.42. The summed E-state index contributed by atoms with van der Waals surface area (Å²) in [7, 11) is 0.797. The number of benzene rings is 1. The van der Waals surface area contributed by atoms with Crippen LogP contribution in [0.4, 0.5) is 0 Å². The molecule has 25 heavy (non-hydrogen) atoms. The minimum absolute atomic E-state index is 0.194. The minimum atomic E-state index is -0.614. The van der Waals surface area contributed by atoms with Gasteiger partial charge in [-0.3, -0.25) is 9.59 Å². The van der Waals surface area contributed by atoms with Crippen LogP contribution in [0.5, 0.6) is 0 Å². The van der Waals surface area contributed by atoms with Gasteiger partial charge in [-0.05, 0) is 63.5 Å². The van der Waals surface area contributed by atoms with Crippen LogP contribution in [0.1, 0.15) is 55.6 Å². The van der Waals surface area contributed by atoms with Crippen molar-refractivity contribution < 1.29 is 23.6 Å². The second-order valence-electron chi connectivity index (χ2n) is 7.88. The number of carbonyl (C=O) groups is 2. The molecule has 6 heteroatoms. The number of hydrogen-bond donors (Lipinski definition) is 0. The maximum Gasteiger partial charge on any atom is 0.495 e. The lowest BCUT2D eigenvalue weighted by molar-refractivity contribution is -0.145. The van der Waals surface area contributed by atoms with Crippen LogP contribution in [-0.4, -0.2) is 37.7 Å². The summed E-state index contributed by atoms with van der Waals surface area (Å²) >= 11 is 0. The molecule has 1 aliphatic heterocycles. The molecular weight excluding hydrogens is 319 g/mol. The second-order valence-corrected chi connectivity index (χ2v) is 7.88. The van der Waals surface area contributed by atoms with E-state index in [9.17, 15) is 9.59 Å². The zero-order chi connectivity index (χ0) is 18.4. The molecule has 134 valence electrons. The van der Waals surface area contributed by atoms with Crippen LogP contribution in [-0.2, 0) is 31.7 Å². The van der Waals surface area contributed by atoms with Crippen molar-refractivity contribution >= 4 is 24.8 Å². The van der Waals surface area contributed by atoms with Crippen LogP contribution < -0.4 is 5.46 Å². The summed E-state index contributed by atoms with van der Waals surface area (Å²) in [5, 5.41) is 0. The van der Waals surface area contributed by atoms with Crippen molar-refractivity contribution in [2.75, 3.05) is 7.11 Å². The van der Waals surface area contributed by atoms with Crippen molar-refractivity contribution in [1.29, 1.82) is 0 Å². The first kappa shape index (κ1) is 18.1. The van der Waals surface area contributed by atoms with Crippen LogP contribution >= 0.6 is 0 Å². The Balaban J connectivity index is 2.05. The molecule has 2 aliphatic rings. The van der Waals surface area contributed by atoms with Gasteiger partial charge in [-0.15, -0.1) is 0 Å². The molecule has 0 saturated carbocycles. The highest BCUT2D eigenvalue weighted by atomic mass is 16.7. The fourth-order valence-electron chi connectivity index (χ4n) is 3.59. The number of methoxy groups -OCH3 is 1. The first-order valence-electron chi connectivity index (χ1n) is 8.73. The van der Waals surface area contributed by atoms with Gasteiger partial charge in [0.25, 0.3) is 0 Å². The first-order valence-corrected chi connectivity index (χ1v) is 8.73. The molecule has 0 amide bonds. The van der Waals surface area contributed by atoms with Gasteiger partial charge in [-0.25, -0.2) is 0 Å². The molecule has 1 unspecified atom stereocenters. The Morgan fingerprint density at radius 2 is 1.88 bits per heavy atom. The molecule has 0 radical (unpaired) electrons. The zero-order valence-electron chi connectivity index (χ0n) is 15.5. The molecule has 3 rings (SSSR count). The molecule has 1 aromatic carbocycles. The van der Waals surface area contributed by atoms with E-state index in [1.54, 1.807) is 0 Å². The van der Waals surface area contributed by atoms with E-state index in [-0.39, 0.29) is 11.9 Å². The average molecular weight is 344 g/mol. The summed E-state index contributed by atoms with van der Waals surface area (Å²) in [6, 6.07) is 3.80. The normalized spacial score (nSPS) is 23.9. The number of esters is 1. The monoisotopic (exact) mass is 344 g/mol. The highest BCUT2D eigenvalue weighted by Crippen LogP contribution is 2.38. The van der Waals surface area contributed by atoms with Gasteiger partial charge >= 0.3 is 13.1 Å². The Morgan fingerprint density at radius 3 is 2.44 bits per heavy atom. The van der Waals surface area contributed by atoms with E-state index in [4.69, 9.17) is 14.0 Å². The Morgan fingerprint density at radius 1 is 1.24 bits per heavy atom.